The van der Waals surface area contributed by atoms with E-state index in [0.29, 0.717) is 0 Å². The van der Waals surface area contributed by atoms with E-state index in [9.17, 15) is 23.1 Å². The number of sulfonamides is 1. The van der Waals surface area contributed by atoms with Gasteiger partial charge < -0.3 is 14.7 Å². The number of phenols is 1. The third-order valence-corrected chi connectivity index (χ3v) is 6.86. The molecule has 1 amide bonds. The van der Waals surface area contributed by atoms with Crippen LogP contribution in [0.15, 0.2) is 47.4 Å². The van der Waals surface area contributed by atoms with E-state index in [4.69, 9.17) is 4.74 Å². The van der Waals surface area contributed by atoms with Crippen LogP contribution in [0.5, 0.6) is 5.75 Å². The molecule has 3 rings (SSSR count). The largest absolute Gasteiger partial charge is 0.507 e. The molecule has 1 heterocycles. The Hall–Kier alpha value is -2.91. The van der Waals surface area contributed by atoms with Gasteiger partial charge >= 0.3 is 5.97 Å². The lowest BCUT2D eigenvalue weighted by Gasteiger charge is -2.33. The van der Waals surface area contributed by atoms with Gasteiger partial charge in [-0.2, -0.15) is 4.31 Å². The first-order valence-electron chi connectivity index (χ1n) is 9.50. The van der Waals surface area contributed by atoms with Crippen molar-refractivity contribution in [3.63, 3.8) is 0 Å². The van der Waals surface area contributed by atoms with Gasteiger partial charge in [0.15, 0.2) is 6.61 Å². The SMILES string of the molecule is Cc1ccc(S(=O)(=O)N2CCN(C(=O)COC(=O)c3cc(C)ccc3O)CC2)cc1. The molecule has 8 nitrogen and oxygen atoms in total. The Labute approximate surface area is 175 Å². The Kier molecular flexibility index (Phi) is 6.42. The summed E-state index contributed by atoms with van der Waals surface area (Å²) in [6.07, 6.45) is 0. The number of esters is 1. The minimum atomic E-state index is -3.62. The summed E-state index contributed by atoms with van der Waals surface area (Å²) in [5.74, 6) is -1.42. The second kappa shape index (κ2) is 8.85. The first-order valence-corrected chi connectivity index (χ1v) is 10.9. The maximum atomic E-state index is 12.7. The number of aromatic hydroxyl groups is 1. The Morgan fingerprint density at radius 2 is 1.57 bits per heavy atom. The van der Waals surface area contributed by atoms with E-state index >= 15 is 0 Å². The van der Waals surface area contributed by atoms with Crippen molar-refractivity contribution in [2.24, 2.45) is 0 Å². The van der Waals surface area contributed by atoms with Gasteiger partial charge in [-0.05, 0) is 38.1 Å². The molecule has 0 aliphatic carbocycles. The summed E-state index contributed by atoms with van der Waals surface area (Å²) < 4.78 is 31.8. The third kappa shape index (κ3) is 4.80. The highest BCUT2D eigenvalue weighted by atomic mass is 32.2. The third-order valence-electron chi connectivity index (χ3n) is 4.95. The maximum Gasteiger partial charge on any atom is 0.342 e. The number of hydrogen-bond donors (Lipinski definition) is 1. The Bertz CT molecular complexity index is 1040. The van der Waals surface area contributed by atoms with Crippen LogP contribution in [0.25, 0.3) is 0 Å². The van der Waals surface area contributed by atoms with Gasteiger partial charge in [-0.15, -0.1) is 0 Å². The molecule has 0 radical (unpaired) electrons. The zero-order valence-electron chi connectivity index (χ0n) is 16.9. The normalized spacial score (nSPS) is 15.1. The topological polar surface area (TPSA) is 104 Å². The molecule has 30 heavy (non-hydrogen) atoms. The number of hydrogen-bond acceptors (Lipinski definition) is 6. The summed E-state index contributed by atoms with van der Waals surface area (Å²) in [6.45, 7) is 3.91. The second-order valence-corrected chi connectivity index (χ2v) is 9.13. The summed E-state index contributed by atoms with van der Waals surface area (Å²) in [7, 11) is -3.62. The first-order chi connectivity index (χ1) is 14.2. The van der Waals surface area contributed by atoms with E-state index < -0.39 is 28.5 Å². The van der Waals surface area contributed by atoms with Crippen molar-refractivity contribution in [1.29, 1.82) is 0 Å². The maximum absolute atomic E-state index is 12.7. The highest BCUT2D eigenvalue weighted by Crippen LogP contribution is 2.20. The zero-order valence-corrected chi connectivity index (χ0v) is 17.7. The van der Waals surface area contributed by atoms with Crippen LogP contribution >= 0.6 is 0 Å². The van der Waals surface area contributed by atoms with Gasteiger partial charge in [0.05, 0.1) is 4.90 Å². The molecule has 0 unspecified atom stereocenters. The Morgan fingerprint density at radius 1 is 0.967 bits per heavy atom. The van der Waals surface area contributed by atoms with Crippen molar-refractivity contribution < 1.29 is 27.9 Å². The van der Waals surface area contributed by atoms with Gasteiger partial charge in [0.25, 0.3) is 5.91 Å². The van der Waals surface area contributed by atoms with E-state index in [2.05, 4.69) is 0 Å². The summed E-state index contributed by atoms with van der Waals surface area (Å²) in [6, 6.07) is 11.2. The number of rotatable bonds is 5. The predicted octanol–water partition coefficient (Wildman–Crippen LogP) is 1.70. The molecular weight excluding hydrogens is 408 g/mol. The van der Waals surface area contributed by atoms with Crippen LogP contribution < -0.4 is 0 Å². The summed E-state index contributed by atoms with van der Waals surface area (Å²) in [4.78, 5) is 26.2. The smallest absolute Gasteiger partial charge is 0.342 e. The predicted molar refractivity (Wildman–Crippen MR) is 110 cm³/mol. The fourth-order valence-corrected chi connectivity index (χ4v) is 4.57. The average Bonchev–Trinajstić information content (AvgIpc) is 2.74. The summed E-state index contributed by atoms with van der Waals surface area (Å²) in [5, 5.41) is 9.78. The van der Waals surface area contributed by atoms with Crippen molar-refractivity contribution in [3.05, 3.63) is 59.2 Å². The lowest BCUT2D eigenvalue weighted by Crippen LogP contribution is -2.51. The molecule has 1 saturated heterocycles. The van der Waals surface area contributed by atoms with Crippen LogP contribution in [0.3, 0.4) is 0 Å². The number of aryl methyl sites for hydroxylation is 2. The molecule has 0 atom stereocenters. The lowest BCUT2D eigenvalue weighted by molar-refractivity contribution is -0.135. The van der Waals surface area contributed by atoms with Crippen molar-refractivity contribution in [1.82, 2.24) is 9.21 Å². The van der Waals surface area contributed by atoms with Crippen LogP contribution in [0, 0.1) is 13.8 Å². The molecule has 2 aromatic carbocycles. The van der Waals surface area contributed by atoms with Gasteiger partial charge in [-0.1, -0.05) is 29.3 Å². The number of benzene rings is 2. The van der Waals surface area contributed by atoms with Crippen molar-refractivity contribution in [2.45, 2.75) is 18.7 Å². The average molecular weight is 432 g/mol. The van der Waals surface area contributed by atoms with Crippen LogP contribution in [0.1, 0.15) is 21.5 Å². The second-order valence-electron chi connectivity index (χ2n) is 7.19. The Morgan fingerprint density at radius 3 is 2.20 bits per heavy atom. The zero-order chi connectivity index (χ0) is 21.9. The van der Waals surface area contributed by atoms with E-state index in [1.165, 1.54) is 21.3 Å². The molecule has 0 bridgehead atoms. The van der Waals surface area contributed by atoms with Crippen molar-refractivity contribution in [3.8, 4) is 5.75 Å². The van der Waals surface area contributed by atoms with Crippen LogP contribution in [0.4, 0.5) is 0 Å². The van der Waals surface area contributed by atoms with Gasteiger partial charge in [0.1, 0.15) is 11.3 Å². The van der Waals surface area contributed by atoms with Crippen LogP contribution in [-0.4, -0.2) is 67.4 Å². The van der Waals surface area contributed by atoms with E-state index in [1.807, 2.05) is 6.92 Å². The van der Waals surface area contributed by atoms with Gasteiger partial charge in [0.2, 0.25) is 10.0 Å². The highest BCUT2D eigenvalue weighted by Gasteiger charge is 2.30. The number of phenolic OH excluding ortho intramolecular Hbond substituents is 1. The molecule has 160 valence electrons. The number of piperazine rings is 1. The molecule has 0 aromatic heterocycles. The molecular formula is C21H24N2O6S. The van der Waals surface area contributed by atoms with Crippen molar-refractivity contribution in [2.75, 3.05) is 32.8 Å². The fraction of sp³-hybridized carbons (Fsp3) is 0.333. The quantitative estimate of drug-likeness (QED) is 0.721. The number of amides is 1. The van der Waals surface area contributed by atoms with Crippen molar-refractivity contribution >= 4 is 21.9 Å². The standard InChI is InChI=1S/C21H24N2O6S/c1-15-3-6-17(7-4-15)30(27,28)23-11-9-22(10-12-23)20(25)14-29-21(26)18-13-16(2)5-8-19(18)24/h3-8,13,24H,9-12,14H2,1-2H3. The minimum Gasteiger partial charge on any atom is -0.507 e. The van der Waals surface area contributed by atoms with E-state index in [1.54, 1.807) is 37.3 Å². The first kappa shape index (κ1) is 21.8. The van der Waals surface area contributed by atoms with Gasteiger partial charge in [-0.3, -0.25) is 4.79 Å². The monoisotopic (exact) mass is 432 g/mol. The van der Waals surface area contributed by atoms with E-state index in [-0.39, 0.29) is 42.4 Å². The molecule has 0 saturated carbocycles. The molecule has 1 aliphatic heterocycles. The molecule has 2 aromatic rings. The number of ether oxygens (including phenoxy) is 1. The van der Waals surface area contributed by atoms with E-state index in [0.717, 1.165) is 11.1 Å². The van der Waals surface area contributed by atoms with Gasteiger partial charge in [-0.25, -0.2) is 13.2 Å². The molecule has 1 aliphatic rings. The number of carbonyl (C=O) groups is 2. The molecule has 1 N–H and O–H groups in total. The fourth-order valence-electron chi connectivity index (χ4n) is 3.15. The molecule has 9 heteroatoms. The summed E-state index contributed by atoms with van der Waals surface area (Å²) in [5.41, 5.74) is 1.74. The van der Waals surface area contributed by atoms with Gasteiger partial charge in [0, 0.05) is 26.2 Å². The lowest BCUT2D eigenvalue weighted by atomic mass is 10.1. The number of carbonyl (C=O) groups excluding carboxylic acids is 2. The van der Waals surface area contributed by atoms with Crippen LogP contribution in [0.2, 0.25) is 0 Å². The Balaban J connectivity index is 1.54. The minimum absolute atomic E-state index is 0.00295. The molecule has 0 spiro atoms. The number of nitrogens with zero attached hydrogens (tertiary/aromatic N) is 2. The molecule has 1 fully saturated rings. The highest BCUT2D eigenvalue weighted by molar-refractivity contribution is 7.89. The summed E-state index contributed by atoms with van der Waals surface area (Å²) >= 11 is 0. The van der Waals surface area contributed by atoms with Crippen LogP contribution in [-0.2, 0) is 19.6 Å².